The molecule has 3 aromatic carbocycles. The van der Waals surface area contributed by atoms with E-state index >= 15 is 0 Å². The molecule has 1 aliphatic rings. The van der Waals surface area contributed by atoms with Gasteiger partial charge in [0.1, 0.15) is 18.2 Å². The van der Waals surface area contributed by atoms with Crippen molar-refractivity contribution in [3.8, 4) is 22.4 Å². The number of fused-ring (bicyclic) bond motifs is 3. The van der Waals surface area contributed by atoms with E-state index in [4.69, 9.17) is 11.0 Å². The highest BCUT2D eigenvalue weighted by Crippen LogP contribution is 2.44. The van der Waals surface area contributed by atoms with Gasteiger partial charge in [-0.2, -0.15) is 4.57 Å². The van der Waals surface area contributed by atoms with E-state index in [1.165, 1.54) is 60.2 Å². The Morgan fingerprint density at radius 1 is 0.784 bits per heavy atom. The molecule has 2 aromatic heterocycles. The van der Waals surface area contributed by atoms with Crippen LogP contribution in [-0.4, -0.2) is 0 Å². The highest BCUT2D eigenvalue weighted by Gasteiger charge is 2.27. The summed E-state index contributed by atoms with van der Waals surface area (Å²) in [6, 6.07) is 21.4. The zero-order valence-electron chi connectivity index (χ0n) is 22.2. The summed E-state index contributed by atoms with van der Waals surface area (Å²) in [5, 5.41) is 2.15. The van der Waals surface area contributed by atoms with E-state index in [1.807, 2.05) is 12.1 Å². The van der Waals surface area contributed by atoms with Crippen molar-refractivity contribution < 1.29 is 8.98 Å². The Balaban J connectivity index is 1.60. The number of pyridine rings is 1. The Morgan fingerprint density at radius 2 is 1.46 bits per heavy atom. The zero-order chi connectivity index (χ0) is 25.7. The first-order chi connectivity index (χ1) is 18.0. The van der Waals surface area contributed by atoms with Crippen molar-refractivity contribution in [2.75, 3.05) is 0 Å². The smallest absolute Gasteiger partial charge is 0.216 e. The van der Waals surface area contributed by atoms with Gasteiger partial charge in [-0.1, -0.05) is 73.4 Å². The third-order valence-corrected chi connectivity index (χ3v) is 8.46. The number of hydrogen-bond acceptors (Lipinski definition) is 1. The minimum absolute atomic E-state index is 0.618. The van der Waals surface area contributed by atoms with E-state index in [0.29, 0.717) is 11.6 Å². The largest absolute Gasteiger partial charge is 0.456 e. The number of nitrogens with zero attached hydrogens (tertiary/aromatic N) is 2. The van der Waals surface area contributed by atoms with Gasteiger partial charge in [0, 0.05) is 34.9 Å². The molecule has 0 aliphatic heterocycles. The van der Waals surface area contributed by atoms with E-state index in [0.717, 1.165) is 38.6 Å². The second-order valence-electron chi connectivity index (χ2n) is 10.7. The monoisotopic (exact) mass is 485 g/mol. The summed E-state index contributed by atoms with van der Waals surface area (Å²) >= 11 is 0. The molecule has 0 radical (unpaired) electrons. The summed E-state index contributed by atoms with van der Waals surface area (Å²) in [5.41, 5.74) is 11.7. The van der Waals surface area contributed by atoms with Crippen LogP contribution in [-0.2, 0) is 7.05 Å². The summed E-state index contributed by atoms with van der Waals surface area (Å²) in [4.78, 5) is 3.85. The van der Waals surface area contributed by atoms with E-state index in [9.17, 15) is 0 Å². The summed E-state index contributed by atoms with van der Waals surface area (Å²) in [6.45, 7) is 14.3. The number of aromatic nitrogens is 1. The van der Waals surface area contributed by atoms with Crippen LogP contribution in [0.1, 0.15) is 60.4 Å². The van der Waals surface area contributed by atoms with Gasteiger partial charge < -0.3 is 4.42 Å². The number of furan rings is 1. The van der Waals surface area contributed by atoms with Gasteiger partial charge in [-0.25, -0.2) is 4.85 Å². The van der Waals surface area contributed by atoms with E-state index in [2.05, 4.69) is 85.8 Å². The molecule has 1 fully saturated rings. The van der Waals surface area contributed by atoms with Gasteiger partial charge in [-0.05, 0) is 49.8 Å². The van der Waals surface area contributed by atoms with Crippen molar-refractivity contribution in [1.82, 2.24) is 0 Å². The van der Waals surface area contributed by atoms with Crippen LogP contribution in [0.3, 0.4) is 0 Å². The lowest BCUT2D eigenvalue weighted by Crippen LogP contribution is -2.36. The van der Waals surface area contributed by atoms with Gasteiger partial charge in [-0.15, -0.1) is 0 Å². The molecule has 2 heterocycles. The molecule has 0 unspecified atom stereocenters. The molecule has 6 rings (SSSR count). The molecule has 1 aliphatic carbocycles. The van der Waals surface area contributed by atoms with Crippen LogP contribution in [0.4, 0.5) is 5.69 Å². The third-order valence-electron chi connectivity index (χ3n) is 8.46. The molecule has 5 aromatic rings. The Hall–Kier alpha value is -3.90. The number of aryl methyl sites for hydroxylation is 2. The molecule has 3 nitrogen and oxygen atoms in total. The lowest BCUT2D eigenvalue weighted by atomic mass is 9.83. The average Bonchev–Trinajstić information content (AvgIpc) is 3.29. The van der Waals surface area contributed by atoms with Crippen LogP contribution in [0.15, 0.2) is 65.1 Å². The third kappa shape index (κ3) is 3.83. The number of benzene rings is 3. The standard InChI is InChI=1S/C34H33N2O/c1-21-11-14-25(15-12-21)32-29(35-4)19-17-28-27-16-13-22(2)31(33(27)37-34(28)32)30-20-18-26(23(3)36(30)5)24-9-7-6-8-10-24/h11-20,24H,6-10H2,1-3,5H3/q+1. The molecule has 37 heavy (non-hydrogen) atoms. The van der Waals surface area contributed by atoms with Gasteiger partial charge >= 0.3 is 0 Å². The molecule has 0 N–H and O–H groups in total. The highest BCUT2D eigenvalue weighted by atomic mass is 16.3. The molecule has 0 spiro atoms. The highest BCUT2D eigenvalue weighted by molar-refractivity contribution is 6.15. The Bertz CT molecular complexity index is 1690. The van der Waals surface area contributed by atoms with Crippen LogP contribution < -0.4 is 4.57 Å². The van der Waals surface area contributed by atoms with Crippen LogP contribution in [0.5, 0.6) is 0 Å². The van der Waals surface area contributed by atoms with E-state index in [-0.39, 0.29) is 0 Å². The maximum Gasteiger partial charge on any atom is 0.216 e. The van der Waals surface area contributed by atoms with Gasteiger partial charge in [0.05, 0.1) is 12.1 Å². The minimum Gasteiger partial charge on any atom is -0.456 e. The fourth-order valence-corrected chi connectivity index (χ4v) is 6.27. The van der Waals surface area contributed by atoms with Gasteiger partial charge in [0.15, 0.2) is 11.4 Å². The summed E-state index contributed by atoms with van der Waals surface area (Å²) in [7, 11) is 2.19. The molecule has 0 amide bonds. The van der Waals surface area contributed by atoms with Crippen molar-refractivity contribution in [1.29, 1.82) is 0 Å². The van der Waals surface area contributed by atoms with Crippen LogP contribution >= 0.6 is 0 Å². The van der Waals surface area contributed by atoms with Gasteiger partial charge in [0.2, 0.25) is 5.69 Å². The van der Waals surface area contributed by atoms with Crippen LogP contribution in [0.2, 0.25) is 0 Å². The second kappa shape index (κ2) is 9.20. The minimum atomic E-state index is 0.618. The number of rotatable bonds is 3. The SMILES string of the molecule is [C-]#[N+]c1ccc2c(oc3c(-c4ccc(C5CCCCC5)c(C)[n+]4C)c(C)ccc32)c1-c1ccc(C)cc1. The summed E-state index contributed by atoms with van der Waals surface area (Å²) < 4.78 is 9.11. The van der Waals surface area contributed by atoms with Crippen molar-refractivity contribution in [3.05, 3.63) is 94.5 Å². The Morgan fingerprint density at radius 3 is 2.16 bits per heavy atom. The van der Waals surface area contributed by atoms with Gasteiger partial charge in [-0.3, -0.25) is 0 Å². The van der Waals surface area contributed by atoms with Crippen LogP contribution in [0.25, 0.3) is 49.2 Å². The maximum absolute atomic E-state index is 7.83. The molecular weight excluding hydrogens is 452 g/mol. The molecular formula is C34H33N2O+. The molecule has 0 saturated heterocycles. The summed E-state index contributed by atoms with van der Waals surface area (Å²) in [6.07, 6.45) is 6.63. The molecule has 3 heteroatoms. The first-order valence-corrected chi connectivity index (χ1v) is 13.4. The van der Waals surface area contributed by atoms with Crippen molar-refractivity contribution in [3.63, 3.8) is 0 Å². The summed E-state index contributed by atoms with van der Waals surface area (Å²) in [5.74, 6) is 0.668. The number of hydrogen-bond donors (Lipinski definition) is 0. The molecule has 0 atom stereocenters. The van der Waals surface area contributed by atoms with E-state index < -0.39 is 0 Å². The first-order valence-electron chi connectivity index (χ1n) is 13.4. The molecule has 184 valence electrons. The van der Waals surface area contributed by atoms with Gasteiger partial charge in [0.25, 0.3) is 0 Å². The Kier molecular flexibility index (Phi) is 5.84. The quantitative estimate of drug-likeness (QED) is 0.184. The average molecular weight is 486 g/mol. The fourth-order valence-electron chi connectivity index (χ4n) is 6.27. The van der Waals surface area contributed by atoms with Crippen molar-refractivity contribution in [2.45, 2.75) is 58.8 Å². The molecule has 0 bridgehead atoms. The predicted molar refractivity (Wildman–Crippen MR) is 152 cm³/mol. The Labute approximate surface area is 219 Å². The first kappa shape index (κ1) is 23.5. The van der Waals surface area contributed by atoms with Crippen molar-refractivity contribution in [2.24, 2.45) is 7.05 Å². The topological polar surface area (TPSA) is 21.4 Å². The van der Waals surface area contributed by atoms with Crippen LogP contribution in [0, 0.1) is 27.3 Å². The second-order valence-corrected chi connectivity index (χ2v) is 10.7. The van der Waals surface area contributed by atoms with E-state index in [1.54, 1.807) is 0 Å². The maximum atomic E-state index is 7.83. The zero-order valence-corrected chi connectivity index (χ0v) is 22.2. The fraction of sp³-hybridized carbons (Fsp3) is 0.294. The molecule has 1 saturated carbocycles. The lowest BCUT2D eigenvalue weighted by Gasteiger charge is -2.22. The lowest BCUT2D eigenvalue weighted by molar-refractivity contribution is -0.667. The normalized spacial score (nSPS) is 14.4. The predicted octanol–water partition coefficient (Wildman–Crippen LogP) is 9.27. The van der Waals surface area contributed by atoms with Crippen molar-refractivity contribution >= 4 is 27.6 Å².